The molecule has 5 heteroatoms. The zero-order valence-corrected chi connectivity index (χ0v) is 33.0. The highest BCUT2D eigenvalue weighted by Gasteiger charge is 2.59. The summed E-state index contributed by atoms with van der Waals surface area (Å²) in [4.78, 5) is 0. The smallest absolute Gasteiger partial charge is 0.154 e. The highest BCUT2D eigenvalue weighted by atomic mass is 31.2. The van der Waals surface area contributed by atoms with Crippen LogP contribution in [0.3, 0.4) is 0 Å². The molecule has 7 aromatic carbocycles. The van der Waals surface area contributed by atoms with E-state index in [1.54, 1.807) is 12.1 Å². The van der Waals surface area contributed by atoms with Crippen LogP contribution in [0.4, 0.5) is 0 Å². The molecule has 0 spiro atoms. The van der Waals surface area contributed by atoms with Crippen LogP contribution in [0.5, 0.6) is 5.75 Å². The Bertz CT molecular complexity index is 2090. The van der Waals surface area contributed by atoms with E-state index in [-0.39, 0.29) is 5.16 Å². The summed E-state index contributed by atoms with van der Waals surface area (Å²) in [5.74, 6) is 0.341. The van der Waals surface area contributed by atoms with E-state index in [4.69, 9.17) is 4.65 Å². The molecular formula is C49H53BO3P-. The summed E-state index contributed by atoms with van der Waals surface area (Å²) in [6, 6.07) is 56.2. The molecule has 0 aliphatic heterocycles. The van der Waals surface area contributed by atoms with Crippen LogP contribution in [0.2, 0.25) is 0 Å². The zero-order chi connectivity index (χ0) is 37.8. The van der Waals surface area contributed by atoms with Crippen molar-refractivity contribution < 1.29 is 14.7 Å². The quantitative estimate of drug-likeness (QED) is 0.0347. The predicted octanol–water partition coefficient (Wildman–Crippen LogP) is 11.6. The molecule has 276 valence electrons. The normalized spacial score (nSPS) is 11.7. The van der Waals surface area contributed by atoms with Crippen LogP contribution in [-0.4, -0.2) is 25.8 Å². The highest BCUT2D eigenvalue weighted by molar-refractivity contribution is 7.77. The summed E-state index contributed by atoms with van der Waals surface area (Å²) in [6.45, 7) is 7.09. The lowest BCUT2D eigenvalue weighted by molar-refractivity contribution is -0.372. The second-order valence-corrected chi connectivity index (χ2v) is 18.7. The van der Waals surface area contributed by atoms with E-state index in [0.29, 0.717) is 5.75 Å². The van der Waals surface area contributed by atoms with Crippen molar-refractivity contribution in [2.45, 2.75) is 64.5 Å². The SMILES string of the molecule is CCCC[P+](CCCC)(CCCC)C(c1ccccc1)(c1ccccc1)c1ccccc1.[O-]B([O-])Oc1cccc2ccc3cc4ccccc4cc3c12. The predicted molar refractivity (Wildman–Crippen MR) is 231 cm³/mol. The zero-order valence-electron chi connectivity index (χ0n) is 32.1. The second kappa shape index (κ2) is 18.7. The van der Waals surface area contributed by atoms with E-state index in [1.807, 2.05) is 36.4 Å². The Hall–Kier alpha value is -4.47. The second-order valence-electron chi connectivity index (χ2n) is 14.4. The first kappa shape index (κ1) is 39.2. The molecule has 0 saturated heterocycles. The van der Waals surface area contributed by atoms with Gasteiger partial charge in [0.1, 0.15) is 13.1 Å². The average molecular weight is 732 g/mol. The van der Waals surface area contributed by atoms with Crippen molar-refractivity contribution in [3.63, 3.8) is 0 Å². The summed E-state index contributed by atoms with van der Waals surface area (Å²) in [5.41, 5.74) is 4.48. The minimum absolute atomic E-state index is 0.0453. The monoisotopic (exact) mass is 731 g/mol. The fourth-order valence-corrected chi connectivity index (χ4v) is 15.1. The molecule has 3 nitrogen and oxygen atoms in total. The average Bonchev–Trinajstić information content (AvgIpc) is 3.22. The van der Waals surface area contributed by atoms with Crippen LogP contribution < -0.4 is 14.7 Å². The van der Waals surface area contributed by atoms with E-state index in [1.165, 1.54) is 73.7 Å². The van der Waals surface area contributed by atoms with Gasteiger partial charge < -0.3 is 14.7 Å². The Kier molecular flexibility index (Phi) is 13.6. The Labute approximate surface area is 323 Å². The first-order valence-corrected chi connectivity index (χ1v) is 22.2. The van der Waals surface area contributed by atoms with Crippen LogP contribution >= 0.6 is 7.26 Å². The van der Waals surface area contributed by atoms with Crippen molar-refractivity contribution in [2.75, 3.05) is 18.5 Å². The van der Waals surface area contributed by atoms with Crippen LogP contribution in [0.25, 0.3) is 32.3 Å². The molecule has 0 N–H and O–H groups in total. The maximum Gasteiger partial charge on any atom is 0.154 e. The lowest BCUT2D eigenvalue weighted by Gasteiger charge is -2.47. The third kappa shape index (κ3) is 8.27. The Morgan fingerprint density at radius 1 is 0.481 bits per heavy atom. The molecule has 0 fully saturated rings. The Balaban J connectivity index is 0.000000196. The van der Waals surface area contributed by atoms with Gasteiger partial charge in [-0.1, -0.05) is 180 Å². The fourth-order valence-electron chi connectivity index (χ4n) is 8.55. The topological polar surface area (TPSA) is 55.3 Å². The fraction of sp³-hybridized carbons (Fsp3) is 0.265. The number of hydrogen-bond donors (Lipinski definition) is 0. The van der Waals surface area contributed by atoms with Crippen molar-refractivity contribution >= 4 is 46.9 Å². The van der Waals surface area contributed by atoms with Gasteiger partial charge in [0.05, 0.1) is 18.5 Å². The van der Waals surface area contributed by atoms with E-state index in [9.17, 15) is 10.0 Å². The number of rotatable bonds is 15. The van der Waals surface area contributed by atoms with Gasteiger partial charge in [0, 0.05) is 29.3 Å². The Morgan fingerprint density at radius 3 is 1.37 bits per heavy atom. The van der Waals surface area contributed by atoms with Gasteiger partial charge in [-0.3, -0.25) is 0 Å². The third-order valence-corrected chi connectivity index (χ3v) is 16.7. The van der Waals surface area contributed by atoms with Crippen molar-refractivity contribution in [2.24, 2.45) is 0 Å². The van der Waals surface area contributed by atoms with Gasteiger partial charge in [-0.25, -0.2) is 0 Å². The standard InChI is InChI=1S/C31H42P.C18H11BO3/c1-4-7-25-32(26-8-5-2,27-9-6-3)31(28-19-13-10-14-20-28,29-21-15-11-16-22-29)30-23-17-12-18-24-30;20-19(21)22-17-7-3-6-12-8-9-15-10-13-4-1-2-5-14(13)11-16(15)18(12)17/h10-24H,4-9,25-27H2,1-3H3;1-11H/q+1;-2. The van der Waals surface area contributed by atoms with Crippen molar-refractivity contribution in [3.8, 4) is 5.75 Å². The van der Waals surface area contributed by atoms with E-state index in [2.05, 4.69) is 130 Å². The number of hydrogen-bond acceptors (Lipinski definition) is 3. The van der Waals surface area contributed by atoms with Crippen LogP contribution in [0.15, 0.2) is 158 Å². The van der Waals surface area contributed by atoms with Crippen LogP contribution in [-0.2, 0) is 5.16 Å². The van der Waals surface area contributed by atoms with E-state index >= 15 is 0 Å². The highest BCUT2D eigenvalue weighted by Crippen LogP contribution is 2.78. The first-order valence-electron chi connectivity index (χ1n) is 19.8. The molecule has 0 aliphatic rings. The molecule has 0 aliphatic carbocycles. The molecule has 7 rings (SSSR count). The molecule has 0 atom stereocenters. The maximum absolute atomic E-state index is 10.9. The van der Waals surface area contributed by atoms with Gasteiger partial charge in [0.25, 0.3) is 0 Å². The summed E-state index contributed by atoms with van der Waals surface area (Å²) in [6.07, 6.45) is 11.9. The van der Waals surface area contributed by atoms with Gasteiger partial charge >= 0.3 is 0 Å². The molecule has 0 aromatic heterocycles. The molecule has 0 heterocycles. The summed E-state index contributed by atoms with van der Waals surface area (Å²) in [5, 5.41) is 27.8. The van der Waals surface area contributed by atoms with Crippen molar-refractivity contribution in [1.29, 1.82) is 0 Å². The van der Waals surface area contributed by atoms with E-state index in [0.717, 1.165) is 32.3 Å². The lowest BCUT2D eigenvalue weighted by atomic mass is 9.84. The van der Waals surface area contributed by atoms with Crippen molar-refractivity contribution in [1.82, 2.24) is 0 Å². The number of fused-ring (bicyclic) bond motifs is 4. The van der Waals surface area contributed by atoms with Gasteiger partial charge in [0.2, 0.25) is 0 Å². The van der Waals surface area contributed by atoms with Crippen molar-refractivity contribution in [3.05, 3.63) is 174 Å². The number of benzene rings is 7. The van der Waals surface area contributed by atoms with Gasteiger partial charge in [-0.05, 0) is 64.4 Å². The van der Waals surface area contributed by atoms with Gasteiger partial charge in [-0.15, -0.1) is 0 Å². The lowest BCUT2D eigenvalue weighted by Crippen LogP contribution is -2.50. The molecule has 0 amide bonds. The number of unbranched alkanes of at least 4 members (excludes halogenated alkanes) is 3. The van der Waals surface area contributed by atoms with Crippen LogP contribution in [0.1, 0.15) is 76.0 Å². The van der Waals surface area contributed by atoms with Gasteiger partial charge in [-0.2, -0.15) is 0 Å². The minimum atomic E-state index is -2.33. The third-order valence-electron chi connectivity index (χ3n) is 11.0. The molecule has 0 radical (unpaired) electrons. The summed E-state index contributed by atoms with van der Waals surface area (Å²) >= 11 is 0. The maximum atomic E-state index is 10.9. The molecule has 54 heavy (non-hydrogen) atoms. The molecular weight excluding hydrogens is 678 g/mol. The molecule has 0 unspecified atom stereocenters. The Morgan fingerprint density at radius 2 is 0.907 bits per heavy atom. The molecule has 7 aromatic rings. The first-order chi connectivity index (χ1) is 26.5. The van der Waals surface area contributed by atoms with Crippen LogP contribution in [0, 0.1) is 0 Å². The summed E-state index contributed by atoms with van der Waals surface area (Å²) in [7, 11) is -3.78. The molecule has 0 saturated carbocycles. The summed E-state index contributed by atoms with van der Waals surface area (Å²) < 4.78 is 4.94. The molecule has 0 bridgehead atoms. The largest absolute Gasteiger partial charge is 0.860 e. The van der Waals surface area contributed by atoms with Gasteiger partial charge in [0.15, 0.2) is 5.16 Å². The van der Waals surface area contributed by atoms with E-state index < -0.39 is 14.6 Å². The minimum Gasteiger partial charge on any atom is -0.860 e.